The van der Waals surface area contributed by atoms with Gasteiger partial charge in [0.2, 0.25) is 0 Å². The smallest absolute Gasteiger partial charge is 0.265 e. The van der Waals surface area contributed by atoms with Crippen LogP contribution in [0.4, 0.5) is 5.69 Å². The maximum Gasteiger partial charge on any atom is 0.265 e. The second-order valence-electron chi connectivity index (χ2n) is 6.51. The number of nitrogens with one attached hydrogen (secondary N) is 1. The molecule has 29 heavy (non-hydrogen) atoms. The second kappa shape index (κ2) is 7.98. The van der Waals surface area contributed by atoms with Gasteiger partial charge in [-0.15, -0.1) is 0 Å². The van der Waals surface area contributed by atoms with E-state index in [1.165, 1.54) is 0 Å². The number of aryl methyl sites for hydroxylation is 1. The zero-order valence-corrected chi connectivity index (χ0v) is 15.8. The second-order valence-corrected chi connectivity index (χ2v) is 6.51. The third kappa shape index (κ3) is 4.01. The quantitative estimate of drug-likeness (QED) is 0.568. The van der Waals surface area contributed by atoms with E-state index in [9.17, 15) is 9.59 Å². The molecule has 0 saturated heterocycles. The van der Waals surface area contributed by atoms with Gasteiger partial charge in [0.1, 0.15) is 11.6 Å². The van der Waals surface area contributed by atoms with Gasteiger partial charge in [-0.25, -0.2) is 4.98 Å². The zero-order valence-electron chi connectivity index (χ0n) is 15.8. The van der Waals surface area contributed by atoms with Crippen LogP contribution in [0.2, 0.25) is 0 Å². The van der Waals surface area contributed by atoms with Crippen molar-refractivity contribution in [2.24, 2.45) is 0 Å². The summed E-state index contributed by atoms with van der Waals surface area (Å²) in [5.41, 5.74) is 1.86. The maximum absolute atomic E-state index is 12.9. The molecule has 6 nitrogen and oxygen atoms in total. The third-order valence-electron chi connectivity index (χ3n) is 4.47. The minimum absolute atomic E-state index is 0.0844. The first kappa shape index (κ1) is 18.4. The van der Waals surface area contributed by atoms with Crippen molar-refractivity contribution in [3.63, 3.8) is 0 Å². The van der Waals surface area contributed by atoms with Crippen molar-refractivity contribution in [2.45, 2.75) is 6.92 Å². The predicted octanol–water partition coefficient (Wildman–Crippen LogP) is 3.71. The number of hydrogen-bond donors (Lipinski definition) is 1. The highest BCUT2D eigenvalue weighted by molar-refractivity contribution is 5.92. The highest BCUT2D eigenvalue weighted by Gasteiger charge is 2.10. The number of hydrogen-bond acceptors (Lipinski definition) is 4. The van der Waals surface area contributed by atoms with Gasteiger partial charge < -0.3 is 10.1 Å². The molecule has 0 spiro atoms. The van der Waals surface area contributed by atoms with Crippen LogP contribution < -0.4 is 15.6 Å². The Kier molecular flexibility index (Phi) is 5.07. The number of anilines is 1. The van der Waals surface area contributed by atoms with Crippen LogP contribution in [0, 0.1) is 6.92 Å². The van der Waals surface area contributed by atoms with E-state index < -0.39 is 0 Å². The summed E-state index contributed by atoms with van der Waals surface area (Å²) in [7, 11) is 0. The molecule has 1 amide bonds. The van der Waals surface area contributed by atoms with Crippen molar-refractivity contribution in [2.75, 3.05) is 11.9 Å². The van der Waals surface area contributed by atoms with Gasteiger partial charge in [-0.05, 0) is 55.5 Å². The topological polar surface area (TPSA) is 73.2 Å². The minimum Gasteiger partial charge on any atom is -0.484 e. The Morgan fingerprint density at radius 2 is 1.66 bits per heavy atom. The van der Waals surface area contributed by atoms with Gasteiger partial charge in [0.05, 0.1) is 16.6 Å². The van der Waals surface area contributed by atoms with Crippen molar-refractivity contribution in [1.82, 2.24) is 9.55 Å². The Balaban J connectivity index is 1.50. The summed E-state index contributed by atoms with van der Waals surface area (Å²) in [4.78, 5) is 29.5. The molecule has 1 N–H and O–H groups in total. The number of nitrogens with zero attached hydrogens (tertiary/aromatic N) is 2. The first-order valence-corrected chi connectivity index (χ1v) is 9.18. The number of para-hydroxylation sites is 2. The molecule has 0 aliphatic rings. The van der Waals surface area contributed by atoms with Crippen LogP contribution in [0.5, 0.6) is 5.75 Å². The van der Waals surface area contributed by atoms with Gasteiger partial charge in [-0.2, -0.15) is 0 Å². The van der Waals surface area contributed by atoms with Crippen LogP contribution >= 0.6 is 0 Å². The number of carbonyl (C=O) groups is 1. The molecular formula is C23H19N3O3. The lowest BCUT2D eigenvalue weighted by Gasteiger charge is -2.12. The normalized spacial score (nSPS) is 10.7. The Bertz CT molecular complexity index is 1220. The van der Waals surface area contributed by atoms with Crippen molar-refractivity contribution < 1.29 is 9.53 Å². The van der Waals surface area contributed by atoms with E-state index in [1.807, 2.05) is 36.4 Å². The van der Waals surface area contributed by atoms with Crippen molar-refractivity contribution in [3.05, 3.63) is 95.0 Å². The van der Waals surface area contributed by atoms with E-state index >= 15 is 0 Å². The van der Waals surface area contributed by atoms with Crippen LogP contribution in [0.15, 0.2) is 83.7 Å². The van der Waals surface area contributed by atoms with E-state index in [0.29, 0.717) is 33.9 Å². The highest BCUT2D eigenvalue weighted by Crippen LogP contribution is 2.16. The first-order valence-electron chi connectivity index (χ1n) is 9.18. The molecule has 0 bridgehead atoms. The number of aromatic nitrogens is 2. The van der Waals surface area contributed by atoms with Crippen molar-refractivity contribution in [1.29, 1.82) is 0 Å². The number of carbonyl (C=O) groups excluding carboxylic acids is 1. The number of benzene rings is 3. The predicted molar refractivity (Wildman–Crippen MR) is 113 cm³/mol. The molecule has 0 saturated carbocycles. The van der Waals surface area contributed by atoms with Crippen LogP contribution in [0.3, 0.4) is 0 Å². The molecule has 1 aromatic heterocycles. The summed E-state index contributed by atoms with van der Waals surface area (Å²) in [5.74, 6) is 0.973. The monoisotopic (exact) mass is 385 g/mol. The lowest BCUT2D eigenvalue weighted by Crippen LogP contribution is -2.22. The molecule has 0 atom stereocenters. The minimum atomic E-state index is -0.262. The number of rotatable bonds is 5. The van der Waals surface area contributed by atoms with Gasteiger partial charge in [-0.1, -0.05) is 30.3 Å². The molecule has 4 rings (SSSR count). The molecule has 144 valence electrons. The molecule has 1 heterocycles. The summed E-state index contributed by atoms with van der Waals surface area (Å²) in [6.45, 7) is 1.71. The van der Waals surface area contributed by atoms with E-state index in [2.05, 4.69) is 10.3 Å². The fourth-order valence-electron chi connectivity index (χ4n) is 3.10. The van der Waals surface area contributed by atoms with E-state index in [-0.39, 0.29) is 18.1 Å². The van der Waals surface area contributed by atoms with Gasteiger partial charge in [0.25, 0.3) is 11.5 Å². The van der Waals surface area contributed by atoms with Crippen LogP contribution in [0.25, 0.3) is 16.6 Å². The molecule has 3 aromatic carbocycles. The SMILES string of the molecule is Cc1nc2ccccc2c(=O)n1-c1ccc(NC(=O)COc2ccccc2)cc1. The van der Waals surface area contributed by atoms with E-state index in [1.54, 1.807) is 54.0 Å². The summed E-state index contributed by atoms with van der Waals surface area (Å²) in [5, 5.41) is 3.35. The molecule has 6 heteroatoms. The van der Waals surface area contributed by atoms with Gasteiger partial charge in [0.15, 0.2) is 6.61 Å². The molecule has 0 fully saturated rings. The summed E-state index contributed by atoms with van der Waals surface area (Å²) in [6, 6.07) is 23.5. The average molecular weight is 385 g/mol. The Labute approximate surface area is 167 Å². The van der Waals surface area contributed by atoms with Crippen molar-refractivity contribution in [3.8, 4) is 11.4 Å². The standard InChI is InChI=1S/C23H19N3O3/c1-16-24-21-10-6-5-9-20(21)23(28)26(16)18-13-11-17(12-14-18)25-22(27)15-29-19-7-3-2-4-8-19/h2-14H,15H2,1H3,(H,25,27). The fourth-order valence-corrected chi connectivity index (χ4v) is 3.10. The van der Waals surface area contributed by atoms with Crippen LogP contribution in [-0.2, 0) is 4.79 Å². The van der Waals surface area contributed by atoms with Gasteiger partial charge in [0, 0.05) is 5.69 Å². The molecular weight excluding hydrogens is 366 g/mol. The van der Waals surface area contributed by atoms with E-state index in [0.717, 1.165) is 0 Å². The molecule has 0 aliphatic heterocycles. The average Bonchev–Trinajstić information content (AvgIpc) is 2.74. The summed E-state index contributed by atoms with van der Waals surface area (Å²) >= 11 is 0. The lowest BCUT2D eigenvalue weighted by molar-refractivity contribution is -0.118. The lowest BCUT2D eigenvalue weighted by atomic mass is 10.2. The Morgan fingerprint density at radius 1 is 0.966 bits per heavy atom. The highest BCUT2D eigenvalue weighted by atomic mass is 16.5. The van der Waals surface area contributed by atoms with Crippen molar-refractivity contribution >= 4 is 22.5 Å². The maximum atomic E-state index is 12.9. The molecule has 0 unspecified atom stereocenters. The number of fused-ring (bicyclic) bond motifs is 1. The van der Waals surface area contributed by atoms with Gasteiger partial charge in [-0.3, -0.25) is 14.2 Å². The Hall–Kier alpha value is -3.93. The third-order valence-corrected chi connectivity index (χ3v) is 4.47. The summed E-state index contributed by atoms with van der Waals surface area (Å²) in [6.07, 6.45) is 0. The van der Waals surface area contributed by atoms with Crippen LogP contribution in [-0.4, -0.2) is 22.1 Å². The number of ether oxygens (including phenoxy) is 1. The molecule has 0 radical (unpaired) electrons. The summed E-state index contributed by atoms with van der Waals surface area (Å²) < 4.78 is 7.00. The van der Waals surface area contributed by atoms with E-state index in [4.69, 9.17) is 4.74 Å². The van der Waals surface area contributed by atoms with Crippen LogP contribution in [0.1, 0.15) is 5.82 Å². The first-order chi connectivity index (χ1) is 14.1. The fraction of sp³-hybridized carbons (Fsp3) is 0.0870. The number of amides is 1. The zero-order chi connectivity index (χ0) is 20.2. The molecule has 4 aromatic rings. The Morgan fingerprint density at radius 3 is 2.41 bits per heavy atom. The largest absolute Gasteiger partial charge is 0.484 e. The molecule has 0 aliphatic carbocycles. The van der Waals surface area contributed by atoms with Gasteiger partial charge >= 0.3 is 0 Å².